The van der Waals surface area contributed by atoms with E-state index >= 15 is 0 Å². The Bertz CT molecular complexity index is 453. The highest BCUT2D eigenvalue weighted by Gasteiger charge is 2.58. The fraction of sp³-hybridized carbons (Fsp3) is 0.944. The van der Waals surface area contributed by atoms with Crippen molar-refractivity contribution in [1.29, 1.82) is 0 Å². The number of carbonyl (C=O) groups is 1. The fourth-order valence-corrected chi connectivity index (χ4v) is 4.84. The van der Waals surface area contributed by atoms with Crippen molar-refractivity contribution in [1.82, 2.24) is 15.5 Å². The summed E-state index contributed by atoms with van der Waals surface area (Å²) in [6.45, 7) is 6.47. The first kappa shape index (κ1) is 17.0. The Morgan fingerprint density at radius 3 is 2.26 bits per heavy atom. The zero-order valence-corrected chi connectivity index (χ0v) is 15.3. The number of nitrogens with one attached hydrogen (secondary N) is 2. The molecule has 5 heteroatoms. The van der Waals surface area contributed by atoms with Gasteiger partial charge in [0.25, 0.3) is 0 Å². The summed E-state index contributed by atoms with van der Waals surface area (Å²) in [5.74, 6) is 0. The van der Waals surface area contributed by atoms with E-state index in [2.05, 4.69) is 43.4 Å². The van der Waals surface area contributed by atoms with Gasteiger partial charge in [-0.2, -0.15) is 0 Å². The van der Waals surface area contributed by atoms with E-state index in [0.717, 1.165) is 19.3 Å². The zero-order chi connectivity index (χ0) is 16.8. The summed E-state index contributed by atoms with van der Waals surface area (Å²) < 4.78 is 5.64. The number of piperidine rings is 2. The van der Waals surface area contributed by atoms with E-state index in [1.54, 1.807) is 7.11 Å². The van der Waals surface area contributed by atoms with Gasteiger partial charge in [-0.05, 0) is 46.1 Å². The first-order valence-corrected chi connectivity index (χ1v) is 9.11. The molecule has 0 radical (unpaired) electrons. The van der Waals surface area contributed by atoms with Crippen LogP contribution in [0.1, 0.15) is 59.3 Å². The number of rotatable bonds is 3. The second-order valence-electron chi connectivity index (χ2n) is 8.60. The van der Waals surface area contributed by atoms with Gasteiger partial charge < -0.3 is 20.3 Å². The van der Waals surface area contributed by atoms with Crippen LogP contribution < -0.4 is 10.6 Å². The number of urea groups is 1. The molecule has 1 saturated carbocycles. The molecule has 132 valence electrons. The number of ether oxygens (including phenoxy) is 1. The van der Waals surface area contributed by atoms with Gasteiger partial charge in [-0.1, -0.05) is 20.3 Å². The number of hydrogen-bond donors (Lipinski definition) is 2. The van der Waals surface area contributed by atoms with E-state index in [1.165, 1.54) is 19.3 Å². The van der Waals surface area contributed by atoms with Crippen molar-refractivity contribution >= 4 is 6.03 Å². The van der Waals surface area contributed by atoms with Gasteiger partial charge in [0.2, 0.25) is 0 Å². The summed E-state index contributed by atoms with van der Waals surface area (Å²) >= 11 is 0. The third-order valence-corrected chi connectivity index (χ3v) is 7.26. The molecule has 1 aliphatic carbocycles. The Hall–Kier alpha value is -0.810. The molecule has 2 N–H and O–H groups in total. The van der Waals surface area contributed by atoms with Crippen molar-refractivity contribution in [2.45, 2.75) is 89.1 Å². The Balaban J connectivity index is 1.51. The fourth-order valence-electron chi connectivity index (χ4n) is 4.84. The van der Waals surface area contributed by atoms with Gasteiger partial charge in [0.1, 0.15) is 0 Å². The Labute approximate surface area is 140 Å². The Morgan fingerprint density at radius 2 is 1.74 bits per heavy atom. The lowest BCUT2D eigenvalue weighted by molar-refractivity contribution is -0.177. The molecule has 2 saturated heterocycles. The minimum Gasteiger partial charge on any atom is -0.378 e. The van der Waals surface area contributed by atoms with Gasteiger partial charge in [0.15, 0.2) is 0 Å². The minimum absolute atomic E-state index is 0.00569. The van der Waals surface area contributed by atoms with E-state index in [1.807, 2.05) is 0 Å². The van der Waals surface area contributed by atoms with Crippen molar-refractivity contribution in [2.75, 3.05) is 14.2 Å². The van der Waals surface area contributed by atoms with Crippen molar-refractivity contribution in [3.63, 3.8) is 0 Å². The highest BCUT2D eigenvalue weighted by atomic mass is 16.5. The van der Waals surface area contributed by atoms with Gasteiger partial charge in [-0.15, -0.1) is 0 Å². The summed E-state index contributed by atoms with van der Waals surface area (Å²) in [6, 6.07) is 1.78. The standard InChI is InChI=1S/C18H33N3O2/c1-17(2)15(11-18(17,3)23-5)20-16(22)19-12-9-13-7-6-8-14(10-12)21(13)4/h12-15H,6-11H2,1-5H3,(H2,19,20,22)/t12?,13-,14+,15-,18-/m1/s1. The highest BCUT2D eigenvalue weighted by Crippen LogP contribution is 2.51. The predicted octanol–water partition coefficient (Wildman–Crippen LogP) is 2.50. The average molecular weight is 323 g/mol. The summed E-state index contributed by atoms with van der Waals surface area (Å²) in [7, 11) is 4.00. The molecule has 2 amide bonds. The highest BCUT2D eigenvalue weighted by molar-refractivity contribution is 5.75. The molecule has 3 rings (SSSR count). The first-order valence-electron chi connectivity index (χ1n) is 9.11. The predicted molar refractivity (Wildman–Crippen MR) is 91.5 cm³/mol. The molecule has 2 heterocycles. The number of nitrogens with zero attached hydrogens (tertiary/aromatic N) is 1. The first-order chi connectivity index (χ1) is 10.8. The number of amides is 2. The second-order valence-corrected chi connectivity index (χ2v) is 8.60. The second kappa shape index (κ2) is 5.92. The number of carbonyl (C=O) groups excluding carboxylic acids is 1. The van der Waals surface area contributed by atoms with Crippen molar-refractivity contribution in [3.05, 3.63) is 0 Å². The van der Waals surface area contributed by atoms with E-state index in [4.69, 9.17) is 4.74 Å². The Kier molecular flexibility index (Phi) is 4.38. The van der Waals surface area contributed by atoms with Crippen LogP contribution in [-0.4, -0.2) is 54.9 Å². The molecule has 1 unspecified atom stereocenters. The Morgan fingerprint density at radius 1 is 1.13 bits per heavy atom. The molecule has 23 heavy (non-hydrogen) atoms. The molecule has 3 fully saturated rings. The van der Waals surface area contributed by atoms with Crippen molar-refractivity contribution in [3.8, 4) is 0 Å². The van der Waals surface area contributed by atoms with Crippen LogP contribution in [0.15, 0.2) is 0 Å². The molecule has 2 aliphatic heterocycles. The van der Waals surface area contributed by atoms with E-state index in [9.17, 15) is 4.79 Å². The van der Waals surface area contributed by atoms with Crippen LogP contribution in [0.2, 0.25) is 0 Å². The van der Waals surface area contributed by atoms with Crippen molar-refractivity contribution in [2.24, 2.45) is 5.41 Å². The van der Waals surface area contributed by atoms with Gasteiger partial charge in [0.05, 0.1) is 5.60 Å². The topological polar surface area (TPSA) is 53.6 Å². The van der Waals surface area contributed by atoms with Crippen LogP contribution in [0.4, 0.5) is 4.79 Å². The van der Waals surface area contributed by atoms with E-state index < -0.39 is 0 Å². The molecule has 0 aromatic heterocycles. The summed E-state index contributed by atoms with van der Waals surface area (Å²) in [5, 5.41) is 6.41. The number of methoxy groups -OCH3 is 1. The van der Waals surface area contributed by atoms with Crippen LogP contribution in [0.25, 0.3) is 0 Å². The smallest absolute Gasteiger partial charge is 0.315 e. The molecule has 3 aliphatic rings. The molecule has 5 nitrogen and oxygen atoms in total. The van der Waals surface area contributed by atoms with Gasteiger partial charge in [0, 0.05) is 36.7 Å². The lowest BCUT2D eigenvalue weighted by Gasteiger charge is -2.59. The molecule has 0 aromatic rings. The summed E-state index contributed by atoms with van der Waals surface area (Å²) in [6.07, 6.45) is 6.94. The largest absolute Gasteiger partial charge is 0.378 e. The lowest BCUT2D eigenvalue weighted by atomic mass is 9.56. The van der Waals surface area contributed by atoms with E-state index in [-0.39, 0.29) is 23.1 Å². The van der Waals surface area contributed by atoms with Crippen LogP contribution >= 0.6 is 0 Å². The molecule has 2 bridgehead atoms. The molecule has 5 atom stereocenters. The lowest BCUT2D eigenvalue weighted by Crippen LogP contribution is -2.69. The maximum Gasteiger partial charge on any atom is 0.315 e. The van der Waals surface area contributed by atoms with Crippen molar-refractivity contribution < 1.29 is 9.53 Å². The number of fused-ring (bicyclic) bond motifs is 2. The molecule has 0 aromatic carbocycles. The third kappa shape index (κ3) is 2.86. The van der Waals surface area contributed by atoms with Gasteiger partial charge in [-0.3, -0.25) is 0 Å². The third-order valence-electron chi connectivity index (χ3n) is 7.26. The zero-order valence-electron chi connectivity index (χ0n) is 15.3. The van der Waals surface area contributed by atoms with E-state index in [0.29, 0.717) is 18.1 Å². The van der Waals surface area contributed by atoms with Gasteiger partial charge >= 0.3 is 6.03 Å². The SMILES string of the molecule is CO[C@]1(C)C[C@@H](NC(=O)NC2C[C@H]3CCC[C@@H](C2)N3C)C1(C)C. The molecular weight excluding hydrogens is 290 g/mol. The maximum absolute atomic E-state index is 12.4. The summed E-state index contributed by atoms with van der Waals surface area (Å²) in [4.78, 5) is 15.0. The van der Waals surface area contributed by atoms with Crippen LogP contribution in [0.3, 0.4) is 0 Å². The summed E-state index contributed by atoms with van der Waals surface area (Å²) in [5.41, 5.74) is -0.183. The minimum atomic E-state index is -0.143. The quantitative estimate of drug-likeness (QED) is 0.839. The normalized spacial score (nSPS) is 42.7. The number of hydrogen-bond acceptors (Lipinski definition) is 3. The van der Waals surface area contributed by atoms with Crippen LogP contribution in [0, 0.1) is 5.41 Å². The average Bonchev–Trinajstić information content (AvgIpc) is 2.47. The van der Waals surface area contributed by atoms with Gasteiger partial charge in [-0.25, -0.2) is 4.79 Å². The van der Waals surface area contributed by atoms with Crippen LogP contribution in [0.5, 0.6) is 0 Å². The van der Waals surface area contributed by atoms with Crippen LogP contribution in [-0.2, 0) is 4.74 Å². The maximum atomic E-state index is 12.4. The monoisotopic (exact) mass is 323 g/mol. The molecular formula is C18H33N3O2. The molecule has 0 spiro atoms.